The summed E-state index contributed by atoms with van der Waals surface area (Å²) in [4.78, 5) is 2.58. The second-order valence-corrected chi connectivity index (χ2v) is 10.8. The van der Waals surface area contributed by atoms with Crippen molar-refractivity contribution >= 4 is 19.6 Å². The quantitative estimate of drug-likeness (QED) is 0.0758. The van der Waals surface area contributed by atoms with Gasteiger partial charge in [-0.25, -0.2) is 0 Å². The van der Waals surface area contributed by atoms with Crippen LogP contribution in [0.4, 0.5) is 25.2 Å². The van der Waals surface area contributed by atoms with E-state index in [1.54, 1.807) is 0 Å². The van der Waals surface area contributed by atoms with Crippen LogP contribution in [0.25, 0.3) is 11.1 Å². The van der Waals surface area contributed by atoms with Gasteiger partial charge in [0.25, 0.3) is 0 Å². The summed E-state index contributed by atoms with van der Waals surface area (Å²) >= 11 is 1.22. The van der Waals surface area contributed by atoms with Crippen LogP contribution in [0.3, 0.4) is 0 Å². The third-order valence-electron chi connectivity index (χ3n) is 4.42. The number of hydrogen-bond acceptors (Lipinski definition) is 2. The molecule has 0 bridgehead atoms. The minimum absolute atomic E-state index is 0.362. The van der Waals surface area contributed by atoms with Crippen LogP contribution in [0.15, 0.2) is 119 Å². The summed E-state index contributed by atoms with van der Waals surface area (Å²) < 4.78 is 70.8. The Morgan fingerprint density at radius 1 is 0.528 bits per heavy atom. The van der Waals surface area contributed by atoms with Gasteiger partial charge in [0.15, 0.2) is 9.79 Å². The van der Waals surface area contributed by atoms with Gasteiger partial charge in [-0.3, -0.25) is 0 Å². The van der Waals surface area contributed by atoms with Gasteiger partial charge in [0, 0.05) is 18.7 Å². The Bertz CT molecular complexity index is 1220. The molecule has 0 radical (unpaired) electrons. The van der Waals surface area contributed by atoms with E-state index in [-0.39, 0.29) is 6.29 Å². The van der Waals surface area contributed by atoms with E-state index in [0.717, 1.165) is 17.1 Å². The second-order valence-electron chi connectivity index (χ2n) is 7.59. The zero-order valence-corrected chi connectivity index (χ0v) is 20.7. The summed E-state index contributed by atoms with van der Waals surface area (Å²) in [6.07, 6.45) is -0.362. The fourth-order valence-electron chi connectivity index (χ4n) is 3.01. The van der Waals surface area contributed by atoms with Gasteiger partial charge in [0.2, 0.25) is 6.29 Å². The Kier molecular flexibility index (Phi) is 7.96. The number of halogens is 6. The molecule has 0 amide bonds. The van der Waals surface area contributed by atoms with E-state index in [9.17, 15) is 25.2 Å². The molecule has 1 atom stereocenters. The molecule has 0 fully saturated rings. The molecule has 4 aromatic rings. The Morgan fingerprint density at radius 2 is 0.889 bits per heavy atom. The second kappa shape index (κ2) is 10.4. The van der Waals surface area contributed by atoms with E-state index in [2.05, 4.69) is 60.7 Å². The first kappa shape index (κ1) is 27.4. The third kappa shape index (κ3) is 11.5. The summed E-state index contributed by atoms with van der Waals surface area (Å²) in [6, 6.07) is 37.0. The molecular weight excluding hydrogens is 521 g/mol. The number of benzene rings is 4. The van der Waals surface area contributed by atoms with Crippen molar-refractivity contribution in [2.24, 2.45) is 0 Å². The van der Waals surface area contributed by atoms with E-state index in [1.807, 2.05) is 55.5 Å². The van der Waals surface area contributed by atoms with Crippen LogP contribution < -0.4 is 9.47 Å². The molecule has 0 spiro atoms. The molecule has 0 saturated heterocycles. The predicted octanol–water partition coefficient (Wildman–Crippen LogP) is 9.77. The SMILES string of the molecule is CC(Oc1ccccc1)Oc1ccc(-c2ccc([SH+]c3ccccc3)cc2)cc1.F[P-](F)(F)(F)(F)F. The summed E-state index contributed by atoms with van der Waals surface area (Å²) in [5, 5.41) is 0. The molecule has 0 heterocycles. The maximum atomic E-state index is 9.87. The first-order valence-electron chi connectivity index (χ1n) is 10.6. The van der Waals surface area contributed by atoms with E-state index in [4.69, 9.17) is 9.47 Å². The molecule has 192 valence electrons. The minimum atomic E-state index is -10.7. The maximum absolute atomic E-state index is 10.7. The van der Waals surface area contributed by atoms with Crippen molar-refractivity contribution in [1.29, 1.82) is 0 Å². The van der Waals surface area contributed by atoms with Gasteiger partial charge in [-0.1, -0.05) is 48.5 Å². The number of rotatable bonds is 7. The fraction of sp³-hybridized carbons (Fsp3) is 0.0769. The number of ether oxygens (including phenoxy) is 2. The van der Waals surface area contributed by atoms with Crippen molar-refractivity contribution in [2.75, 3.05) is 0 Å². The predicted molar refractivity (Wildman–Crippen MR) is 134 cm³/mol. The van der Waals surface area contributed by atoms with Crippen molar-refractivity contribution < 1.29 is 34.7 Å². The summed E-state index contributed by atoms with van der Waals surface area (Å²) in [6.45, 7) is 1.89. The molecule has 10 heteroatoms. The van der Waals surface area contributed by atoms with E-state index in [0.29, 0.717) is 0 Å². The molecule has 1 unspecified atom stereocenters. The van der Waals surface area contributed by atoms with Gasteiger partial charge in [0.05, 0.1) is 0 Å². The van der Waals surface area contributed by atoms with E-state index < -0.39 is 7.81 Å². The first-order valence-corrected chi connectivity index (χ1v) is 13.6. The van der Waals surface area contributed by atoms with Crippen LogP contribution in [0.5, 0.6) is 11.5 Å². The van der Waals surface area contributed by atoms with Gasteiger partial charge in [-0.05, 0) is 71.8 Å². The Hall–Kier alpha value is -3.16. The first-order chi connectivity index (χ1) is 16.7. The zero-order chi connectivity index (χ0) is 26.3. The Morgan fingerprint density at radius 3 is 1.36 bits per heavy atom. The topological polar surface area (TPSA) is 18.5 Å². The molecule has 36 heavy (non-hydrogen) atoms. The molecule has 0 aliphatic heterocycles. The molecule has 4 aromatic carbocycles. The standard InChI is InChI=1S/C26H22O2S.F6P/c1-20(27-23-8-4-2-5-9-23)28-24-16-12-21(13-17-24)22-14-18-26(19-15-22)29-25-10-6-3-7-11-25;1-7(2,3,4,5)6/h2-20H,1H3;/q;-1/p+1. The zero-order valence-electron chi connectivity index (χ0n) is 18.9. The van der Waals surface area contributed by atoms with Gasteiger partial charge in [-0.15, -0.1) is 0 Å². The van der Waals surface area contributed by atoms with Crippen molar-refractivity contribution in [2.45, 2.75) is 23.0 Å². The fourth-order valence-corrected chi connectivity index (χ4v) is 3.93. The van der Waals surface area contributed by atoms with Gasteiger partial charge >= 0.3 is 33.0 Å². The molecule has 0 aliphatic rings. The van der Waals surface area contributed by atoms with E-state index in [1.165, 1.54) is 27.1 Å². The molecule has 0 aromatic heterocycles. The van der Waals surface area contributed by atoms with Crippen LogP contribution >= 0.6 is 7.81 Å². The van der Waals surface area contributed by atoms with Crippen molar-refractivity contribution in [3.8, 4) is 22.6 Å². The number of hydrogen-bond donors (Lipinski definition) is 0. The molecular formula is C26H23F6O2PS. The van der Waals surface area contributed by atoms with Crippen molar-refractivity contribution in [3.05, 3.63) is 109 Å². The average molecular weight is 544 g/mol. The Labute approximate surface area is 209 Å². The molecule has 0 N–H and O–H groups in total. The normalized spacial score (nSPS) is 13.9. The number of thiol groups is 1. The van der Waals surface area contributed by atoms with Gasteiger partial charge in [0.1, 0.15) is 11.5 Å². The Balaban J connectivity index is 0.000000454. The molecule has 0 saturated carbocycles. The molecule has 0 aliphatic carbocycles. The van der Waals surface area contributed by atoms with Crippen molar-refractivity contribution in [3.63, 3.8) is 0 Å². The van der Waals surface area contributed by atoms with Crippen LogP contribution in [0.1, 0.15) is 6.92 Å². The van der Waals surface area contributed by atoms with Crippen LogP contribution in [0, 0.1) is 0 Å². The van der Waals surface area contributed by atoms with Gasteiger partial charge < -0.3 is 9.47 Å². The summed E-state index contributed by atoms with van der Waals surface area (Å²) in [7, 11) is -10.7. The van der Waals surface area contributed by atoms with Crippen LogP contribution in [-0.4, -0.2) is 6.29 Å². The van der Waals surface area contributed by atoms with E-state index >= 15 is 0 Å². The molecule has 4 rings (SSSR count). The summed E-state index contributed by atoms with van der Waals surface area (Å²) in [5.74, 6) is 1.59. The number of para-hydroxylation sites is 1. The van der Waals surface area contributed by atoms with Crippen LogP contribution in [0.2, 0.25) is 0 Å². The summed E-state index contributed by atoms with van der Waals surface area (Å²) in [5.41, 5.74) is 2.36. The molecule has 2 nitrogen and oxygen atoms in total. The van der Waals surface area contributed by atoms with Crippen molar-refractivity contribution in [1.82, 2.24) is 0 Å². The average Bonchev–Trinajstić information content (AvgIpc) is 2.79. The third-order valence-corrected chi connectivity index (χ3v) is 5.53. The van der Waals surface area contributed by atoms with Gasteiger partial charge in [-0.2, -0.15) is 0 Å². The van der Waals surface area contributed by atoms with Crippen LogP contribution in [-0.2, 0) is 11.8 Å². The monoisotopic (exact) mass is 544 g/mol.